The summed E-state index contributed by atoms with van der Waals surface area (Å²) in [6, 6.07) is 0. The van der Waals surface area contributed by atoms with E-state index in [1.807, 2.05) is 0 Å². The predicted octanol–water partition coefficient (Wildman–Crippen LogP) is 0.231. The van der Waals surface area contributed by atoms with E-state index in [2.05, 4.69) is 10.2 Å². The lowest BCUT2D eigenvalue weighted by molar-refractivity contribution is 0.0781. The van der Waals surface area contributed by atoms with Crippen molar-refractivity contribution in [2.45, 2.75) is 26.7 Å². The normalized spacial score (nSPS) is 18.9. The van der Waals surface area contributed by atoms with Crippen molar-refractivity contribution in [3.8, 4) is 0 Å². The van der Waals surface area contributed by atoms with Gasteiger partial charge in [-0.15, -0.1) is 0 Å². The Morgan fingerprint density at radius 3 is 2.95 bits per heavy atom. The van der Waals surface area contributed by atoms with E-state index in [4.69, 9.17) is 5.11 Å². The monoisotopic (exact) mass is 265 g/mol. The number of rotatable bonds is 3. The molecule has 0 aliphatic carbocycles. The molecule has 2 N–H and O–H groups in total. The molecule has 0 radical (unpaired) electrons. The number of hydrogen-bond donors (Lipinski definition) is 2. The number of likely N-dealkylation sites (tertiary alicyclic amines) is 1. The highest BCUT2D eigenvalue weighted by Crippen LogP contribution is 2.21. The van der Waals surface area contributed by atoms with Crippen molar-refractivity contribution in [3.63, 3.8) is 0 Å². The summed E-state index contributed by atoms with van der Waals surface area (Å²) in [6.07, 6.45) is 1.59. The molecule has 0 saturated carbocycles. The Morgan fingerprint density at radius 2 is 2.26 bits per heavy atom. The molecule has 6 nitrogen and oxygen atoms in total. The molecule has 2 heterocycles. The van der Waals surface area contributed by atoms with E-state index in [-0.39, 0.29) is 18.1 Å². The summed E-state index contributed by atoms with van der Waals surface area (Å²) < 4.78 is 0. The molecular weight excluding hydrogens is 246 g/mol. The van der Waals surface area contributed by atoms with Crippen molar-refractivity contribution >= 4 is 5.91 Å². The molecule has 6 heteroatoms. The quantitative estimate of drug-likeness (QED) is 0.819. The van der Waals surface area contributed by atoms with Crippen LogP contribution in [0.1, 0.15) is 34.5 Å². The fourth-order valence-corrected chi connectivity index (χ4v) is 2.48. The smallest absolute Gasteiger partial charge is 0.277 e. The maximum Gasteiger partial charge on any atom is 0.277 e. The summed E-state index contributed by atoms with van der Waals surface area (Å²) in [5, 5.41) is 15.1. The third-order valence-electron chi connectivity index (χ3n) is 3.79. The molecule has 0 spiro atoms. The molecule has 1 aliphatic rings. The van der Waals surface area contributed by atoms with Crippen LogP contribution in [-0.4, -0.2) is 45.8 Å². The third-order valence-corrected chi connectivity index (χ3v) is 3.79. The lowest BCUT2D eigenvalue weighted by atomic mass is 10.1. The van der Waals surface area contributed by atoms with Crippen LogP contribution in [0, 0.1) is 19.8 Å². The number of nitrogens with one attached hydrogen (secondary N) is 1. The van der Waals surface area contributed by atoms with Gasteiger partial charge >= 0.3 is 0 Å². The van der Waals surface area contributed by atoms with Crippen LogP contribution in [0.5, 0.6) is 0 Å². The summed E-state index contributed by atoms with van der Waals surface area (Å²) in [4.78, 5) is 25.9. The van der Waals surface area contributed by atoms with Gasteiger partial charge in [-0.3, -0.25) is 9.59 Å². The highest BCUT2D eigenvalue weighted by molar-refractivity contribution is 5.95. The van der Waals surface area contributed by atoms with Crippen molar-refractivity contribution in [3.05, 3.63) is 27.2 Å². The van der Waals surface area contributed by atoms with Gasteiger partial charge in [-0.1, -0.05) is 0 Å². The molecule has 1 saturated heterocycles. The van der Waals surface area contributed by atoms with E-state index < -0.39 is 5.56 Å². The minimum absolute atomic E-state index is 0.140. The first-order valence-electron chi connectivity index (χ1n) is 6.50. The van der Waals surface area contributed by atoms with Gasteiger partial charge in [0.1, 0.15) is 5.56 Å². The Balaban J connectivity index is 2.22. The Bertz CT molecular complexity index is 538. The van der Waals surface area contributed by atoms with Gasteiger partial charge in [0.2, 0.25) is 0 Å². The summed E-state index contributed by atoms with van der Waals surface area (Å²) in [7, 11) is 0. The number of nitrogens with zero attached hydrogens (tertiary/aromatic N) is 2. The first kappa shape index (κ1) is 13.7. The average Bonchev–Trinajstić information content (AvgIpc) is 2.83. The van der Waals surface area contributed by atoms with Gasteiger partial charge in [-0.05, 0) is 38.2 Å². The van der Waals surface area contributed by atoms with Gasteiger partial charge in [0, 0.05) is 19.7 Å². The average molecular weight is 265 g/mol. The molecule has 1 unspecified atom stereocenters. The molecule has 104 valence electrons. The fraction of sp³-hybridized carbons (Fsp3) is 0.615. The molecule has 1 aliphatic heterocycles. The van der Waals surface area contributed by atoms with Gasteiger partial charge in [0.25, 0.3) is 11.5 Å². The van der Waals surface area contributed by atoms with Crippen molar-refractivity contribution < 1.29 is 9.90 Å². The number of amides is 1. The van der Waals surface area contributed by atoms with Gasteiger partial charge < -0.3 is 10.0 Å². The zero-order valence-corrected chi connectivity index (χ0v) is 11.3. The second-order valence-electron chi connectivity index (χ2n) is 5.06. The van der Waals surface area contributed by atoms with Crippen molar-refractivity contribution in [1.82, 2.24) is 15.1 Å². The summed E-state index contributed by atoms with van der Waals surface area (Å²) in [6.45, 7) is 4.90. The molecule has 2 rings (SSSR count). The van der Waals surface area contributed by atoms with Crippen molar-refractivity contribution in [1.29, 1.82) is 0 Å². The predicted molar refractivity (Wildman–Crippen MR) is 70.0 cm³/mol. The fourth-order valence-electron chi connectivity index (χ4n) is 2.48. The first-order chi connectivity index (χ1) is 9.04. The number of carbonyl (C=O) groups is 1. The highest BCUT2D eigenvalue weighted by atomic mass is 16.3. The molecule has 0 aromatic carbocycles. The maximum absolute atomic E-state index is 12.4. The van der Waals surface area contributed by atoms with E-state index in [1.165, 1.54) is 0 Å². The molecule has 1 aromatic rings. The first-order valence-corrected chi connectivity index (χ1v) is 6.50. The number of aromatic nitrogens is 2. The zero-order valence-electron chi connectivity index (χ0n) is 11.3. The van der Waals surface area contributed by atoms with Crippen LogP contribution in [0.15, 0.2) is 4.79 Å². The molecule has 1 aromatic heterocycles. The van der Waals surface area contributed by atoms with Crippen LogP contribution < -0.4 is 5.56 Å². The summed E-state index contributed by atoms with van der Waals surface area (Å²) in [5.41, 5.74) is 1.06. The number of H-pyrrole nitrogens is 1. The standard InChI is InChI=1S/C13H19N3O3/c1-8-9(2)14-15-12(18)11(8)13(19)16-5-3-10(7-16)4-6-17/h10,17H,3-7H2,1-2H3,(H,15,18). The minimum Gasteiger partial charge on any atom is -0.396 e. The number of aryl methyl sites for hydroxylation is 1. The highest BCUT2D eigenvalue weighted by Gasteiger charge is 2.29. The second-order valence-corrected chi connectivity index (χ2v) is 5.06. The Labute approximate surface area is 111 Å². The van der Waals surface area contributed by atoms with E-state index in [1.54, 1.807) is 18.7 Å². The van der Waals surface area contributed by atoms with E-state index in [9.17, 15) is 9.59 Å². The van der Waals surface area contributed by atoms with Gasteiger partial charge in [-0.2, -0.15) is 5.10 Å². The number of aromatic amines is 1. The topological polar surface area (TPSA) is 86.3 Å². The lowest BCUT2D eigenvalue weighted by Gasteiger charge is -2.17. The number of hydrogen-bond acceptors (Lipinski definition) is 4. The number of aliphatic hydroxyl groups excluding tert-OH is 1. The van der Waals surface area contributed by atoms with Crippen molar-refractivity contribution in [2.24, 2.45) is 5.92 Å². The molecule has 0 bridgehead atoms. The van der Waals surface area contributed by atoms with Crippen LogP contribution in [0.3, 0.4) is 0 Å². The largest absolute Gasteiger partial charge is 0.396 e. The second kappa shape index (κ2) is 5.52. The molecule has 1 atom stereocenters. The lowest BCUT2D eigenvalue weighted by Crippen LogP contribution is -2.34. The zero-order chi connectivity index (χ0) is 14.0. The van der Waals surface area contributed by atoms with E-state index >= 15 is 0 Å². The third kappa shape index (κ3) is 2.68. The summed E-state index contributed by atoms with van der Waals surface area (Å²) >= 11 is 0. The number of aliphatic hydroxyl groups is 1. The van der Waals surface area contributed by atoms with Gasteiger partial charge in [-0.25, -0.2) is 5.10 Å². The van der Waals surface area contributed by atoms with E-state index in [0.717, 1.165) is 6.42 Å². The van der Waals surface area contributed by atoms with Crippen LogP contribution in [0.4, 0.5) is 0 Å². The van der Waals surface area contributed by atoms with Crippen LogP contribution in [0.25, 0.3) is 0 Å². The molecule has 19 heavy (non-hydrogen) atoms. The SMILES string of the molecule is Cc1n[nH]c(=O)c(C(=O)N2CCC(CCO)C2)c1C. The summed E-state index contributed by atoms with van der Waals surface area (Å²) in [5.74, 6) is 0.0981. The van der Waals surface area contributed by atoms with Crippen LogP contribution >= 0.6 is 0 Å². The van der Waals surface area contributed by atoms with E-state index in [0.29, 0.717) is 36.7 Å². The van der Waals surface area contributed by atoms with Gasteiger partial charge in [0.05, 0.1) is 5.69 Å². The molecule has 1 amide bonds. The minimum atomic E-state index is -0.432. The van der Waals surface area contributed by atoms with Crippen molar-refractivity contribution in [2.75, 3.05) is 19.7 Å². The molecular formula is C13H19N3O3. The van der Waals surface area contributed by atoms with Crippen LogP contribution in [0.2, 0.25) is 0 Å². The number of carbonyl (C=O) groups excluding carboxylic acids is 1. The Morgan fingerprint density at radius 1 is 1.53 bits per heavy atom. The van der Waals surface area contributed by atoms with Gasteiger partial charge in [0.15, 0.2) is 0 Å². The Hall–Kier alpha value is -1.69. The van der Waals surface area contributed by atoms with Crippen LogP contribution in [-0.2, 0) is 0 Å². The molecule has 1 fully saturated rings. The maximum atomic E-state index is 12.4. The Kier molecular flexibility index (Phi) is 3.99.